The molecule has 1 aliphatic rings. The highest BCUT2D eigenvalue weighted by Gasteiger charge is 2.38. The maximum absolute atomic E-state index is 14.3. The summed E-state index contributed by atoms with van der Waals surface area (Å²) in [6.45, 7) is 4.04. The molecule has 5 aromatic rings. The zero-order chi connectivity index (χ0) is 31.2. The quantitative estimate of drug-likeness (QED) is 0.149. The number of hydrogen-bond acceptors (Lipinski definition) is 6. The fourth-order valence-corrected chi connectivity index (χ4v) is 5.17. The third-order valence-electron chi connectivity index (χ3n) is 7.52. The largest absolute Gasteiger partial charge is 0.433 e. The molecule has 0 aliphatic carbocycles. The SMILES string of the molecule is CC(C)c1ccc(-c2cc(C(F)(F)F)n3nc(C(=O)N4N=C(c5ccccc5)CC4c4ccc([N+](=O)[O-])cc4)cc3n2)cc1. The molecule has 0 fully saturated rings. The number of carbonyl (C=O) groups excluding carboxylic acids is 1. The molecule has 44 heavy (non-hydrogen) atoms. The van der Waals surface area contributed by atoms with E-state index in [1.165, 1.54) is 35.3 Å². The number of alkyl halides is 3. The second kappa shape index (κ2) is 11.0. The molecule has 6 rings (SSSR count). The van der Waals surface area contributed by atoms with Crippen molar-refractivity contribution in [1.82, 2.24) is 19.6 Å². The lowest BCUT2D eigenvalue weighted by Gasteiger charge is -2.21. The van der Waals surface area contributed by atoms with E-state index in [1.54, 1.807) is 12.1 Å². The van der Waals surface area contributed by atoms with Crippen molar-refractivity contribution in [3.8, 4) is 11.3 Å². The van der Waals surface area contributed by atoms with Gasteiger partial charge in [0.05, 0.1) is 22.4 Å². The molecule has 9 nitrogen and oxygen atoms in total. The minimum Gasteiger partial charge on any atom is -0.265 e. The normalized spacial score (nSPS) is 15.2. The van der Waals surface area contributed by atoms with Crippen LogP contribution < -0.4 is 0 Å². The Balaban J connectivity index is 1.42. The number of nitro benzene ring substituents is 1. The molecule has 0 spiro atoms. The Morgan fingerprint density at radius 2 is 1.64 bits per heavy atom. The van der Waals surface area contributed by atoms with Crippen molar-refractivity contribution in [2.75, 3.05) is 0 Å². The Hall–Kier alpha value is -5.39. The molecule has 0 saturated heterocycles. The van der Waals surface area contributed by atoms with Crippen LogP contribution in [-0.4, -0.2) is 36.1 Å². The Morgan fingerprint density at radius 1 is 0.955 bits per heavy atom. The minimum atomic E-state index is -4.78. The molecule has 3 heterocycles. The third-order valence-corrected chi connectivity index (χ3v) is 7.52. The highest BCUT2D eigenvalue weighted by Crippen LogP contribution is 2.36. The number of hydrazone groups is 1. The summed E-state index contributed by atoms with van der Waals surface area (Å²) in [4.78, 5) is 29.0. The maximum Gasteiger partial charge on any atom is 0.433 e. The Labute approximate surface area is 249 Å². The van der Waals surface area contributed by atoms with Crippen molar-refractivity contribution in [3.05, 3.63) is 129 Å². The number of rotatable bonds is 6. The standard InChI is InChI=1S/C32H25F3N6O3/c1-19(2)20-8-10-22(11-9-20)25-17-29(32(33,34)35)40-30(36-25)18-27(38-40)31(42)39-28(23-12-14-24(15-13-23)41(43)44)16-26(37-39)21-6-4-3-5-7-21/h3-15,17-19,28H,16H2,1-2H3. The van der Waals surface area contributed by atoms with Crippen molar-refractivity contribution in [1.29, 1.82) is 0 Å². The minimum absolute atomic E-state index is 0.0911. The number of benzene rings is 3. The lowest BCUT2D eigenvalue weighted by molar-refractivity contribution is -0.384. The third kappa shape index (κ3) is 5.41. The first-order valence-electron chi connectivity index (χ1n) is 13.8. The van der Waals surface area contributed by atoms with Gasteiger partial charge in [-0.2, -0.15) is 23.4 Å². The van der Waals surface area contributed by atoms with Crippen LogP contribution in [0, 0.1) is 10.1 Å². The van der Waals surface area contributed by atoms with Crippen LogP contribution in [0.4, 0.5) is 18.9 Å². The zero-order valence-electron chi connectivity index (χ0n) is 23.6. The first-order valence-corrected chi connectivity index (χ1v) is 13.8. The lowest BCUT2D eigenvalue weighted by Crippen LogP contribution is -2.27. The fourth-order valence-electron chi connectivity index (χ4n) is 5.17. The van der Waals surface area contributed by atoms with E-state index in [0.29, 0.717) is 21.4 Å². The molecular formula is C32H25F3N6O3. The summed E-state index contributed by atoms with van der Waals surface area (Å²) in [5, 5.41) is 21.0. The Bertz CT molecular complexity index is 1900. The highest BCUT2D eigenvalue weighted by molar-refractivity contribution is 6.04. The Kier molecular flexibility index (Phi) is 7.20. The predicted octanol–water partition coefficient (Wildman–Crippen LogP) is 7.44. The molecule has 222 valence electrons. The Morgan fingerprint density at radius 3 is 2.25 bits per heavy atom. The van der Waals surface area contributed by atoms with Crippen LogP contribution in [0.3, 0.4) is 0 Å². The first kappa shape index (κ1) is 28.7. The van der Waals surface area contributed by atoms with Crippen LogP contribution in [0.2, 0.25) is 0 Å². The van der Waals surface area contributed by atoms with Crippen LogP contribution in [0.25, 0.3) is 16.9 Å². The summed E-state index contributed by atoms with van der Waals surface area (Å²) < 4.78 is 43.4. The molecule has 2 aromatic heterocycles. The van der Waals surface area contributed by atoms with Crippen molar-refractivity contribution in [2.45, 2.75) is 38.4 Å². The summed E-state index contributed by atoms with van der Waals surface area (Å²) in [5.41, 5.74) is 1.91. The van der Waals surface area contributed by atoms with Crippen LogP contribution in [0.15, 0.2) is 96.1 Å². The van der Waals surface area contributed by atoms with Crippen molar-refractivity contribution < 1.29 is 22.9 Å². The van der Waals surface area contributed by atoms with Crippen molar-refractivity contribution >= 4 is 23.0 Å². The van der Waals surface area contributed by atoms with Gasteiger partial charge in [0, 0.05) is 30.2 Å². The van der Waals surface area contributed by atoms with Crippen LogP contribution >= 0.6 is 0 Å². The molecule has 1 unspecified atom stereocenters. The van der Waals surface area contributed by atoms with Gasteiger partial charge in [-0.25, -0.2) is 14.5 Å². The van der Waals surface area contributed by atoms with Gasteiger partial charge in [-0.15, -0.1) is 0 Å². The molecule has 0 N–H and O–H groups in total. The number of hydrogen-bond donors (Lipinski definition) is 0. The highest BCUT2D eigenvalue weighted by atomic mass is 19.4. The van der Waals surface area contributed by atoms with Gasteiger partial charge in [0.15, 0.2) is 17.0 Å². The monoisotopic (exact) mass is 598 g/mol. The fraction of sp³-hybridized carbons (Fsp3) is 0.188. The van der Waals surface area contributed by atoms with E-state index >= 15 is 0 Å². The number of halogens is 3. The summed E-state index contributed by atoms with van der Waals surface area (Å²) in [7, 11) is 0. The number of amides is 1. The van der Waals surface area contributed by atoms with Crippen LogP contribution in [0.5, 0.6) is 0 Å². The van der Waals surface area contributed by atoms with E-state index in [-0.39, 0.29) is 35.1 Å². The van der Waals surface area contributed by atoms with Crippen LogP contribution in [0.1, 0.15) is 65.1 Å². The molecule has 1 aliphatic heterocycles. The van der Waals surface area contributed by atoms with E-state index < -0.39 is 28.7 Å². The van der Waals surface area contributed by atoms with Gasteiger partial charge >= 0.3 is 6.18 Å². The second-order valence-electron chi connectivity index (χ2n) is 10.7. The summed E-state index contributed by atoms with van der Waals surface area (Å²) >= 11 is 0. The molecule has 0 radical (unpaired) electrons. The summed E-state index contributed by atoms with van der Waals surface area (Å²) in [6.07, 6.45) is -4.50. The zero-order valence-corrected chi connectivity index (χ0v) is 23.6. The summed E-state index contributed by atoms with van der Waals surface area (Å²) in [5.74, 6) is -0.486. The van der Waals surface area contributed by atoms with Gasteiger partial charge in [0.25, 0.3) is 11.6 Å². The summed E-state index contributed by atoms with van der Waals surface area (Å²) in [6, 6.07) is 23.5. The number of nitrogens with zero attached hydrogens (tertiary/aromatic N) is 6. The van der Waals surface area contributed by atoms with Crippen molar-refractivity contribution in [2.24, 2.45) is 5.10 Å². The topological polar surface area (TPSA) is 106 Å². The van der Waals surface area contributed by atoms with Gasteiger partial charge < -0.3 is 0 Å². The van der Waals surface area contributed by atoms with Gasteiger partial charge in [0.1, 0.15) is 0 Å². The molecule has 3 aromatic carbocycles. The van der Waals surface area contributed by atoms with Gasteiger partial charge in [0.2, 0.25) is 0 Å². The van der Waals surface area contributed by atoms with E-state index in [4.69, 9.17) is 0 Å². The van der Waals surface area contributed by atoms with E-state index in [9.17, 15) is 28.1 Å². The number of nitro groups is 1. The number of non-ortho nitro benzene ring substituents is 1. The van der Waals surface area contributed by atoms with E-state index in [2.05, 4.69) is 15.2 Å². The van der Waals surface area contributed by atoms with Gasteiger partial charge in [-0.1, -0.05) is 80.6 Å². The lowest BCUT2D eigenvalue weighted by atomic mass is 9.98. The molecule has 0 bridgehead atoms. The predicted molar refractivity (Wildman–Crippen MR) is 157 cm³/mol. The average Bonchev–Trinajstić information content (AvgIpc) is 3.65. The molecule has 0 saturated carbocycles. The second-order valence-corrected chi connectivity index (χ2v) is 10.7. The molecule has 12 heteroatoms. The maximum atomic E-state index is 14.3. The average molecular weight is 599 g/mol. The first-order chi connectivity index (χ1) is 21.0. The molecular weight excluding hydrogens is 573 g/mol. The number of aromatic nitrogens is 3. The van der Waals surface area contributed by atoms with E-state index in [0.717, 1.165) is 17.2 Å². The number of fused-ring (bicyclic) bond motifs is 1. The smallest absolute Gasteiger partial charge is 0.265 e. The number of carbonyl (C=O) groups is 1. The molecule has 1 amide bonds. The van der Waals surface area contributed by atoms with Crippen LogP contribution in [-0.2, 0) is 6.18 Å². The molecule has 1 atom stereocenters. The van der Waals surface area contributed by atoms with Gasteiger partial charge in [-0.3, -0.25) is 14.9 Å². The van der Waals surface area contributed by atoms with Gasteiger partial charge in [-0.05, 0) is 28.7 Å². The van der Waals surface area contributed by atoms with E-state index in [1.807, 2.05) is 56.3 Å². The van der Waals surface area contributed by atoms with Crippen molar-refractivity contribution in [3.63, 3.8) is 0 Å².